The quantitative estimate of drug-likeness (QED) is 0.138. The van der Waals surface area contributed by atoms with Gasteiger partial charge < -0.3 is 0 Å². The molecule has 310 valence electrons. The van der Waals surface area contributed by atoms with Gasteiger partial charge in [0.15, 0.2) is 17.5 Å². The molecule has 0 fully saturated rings. The van der Waals surface area contributed by atoms with Gasteiger partial charge in [-0.25, -0.2) is 15.0 Å². The van der Waals surface area contributed by atoms with E-state index in [2.05, 4.69) is 200 Å². The lowest BCUT2D eigenvalue weighted by molar-refractivity contribution is 1.07. The van der Waals surface area contributed by atoms with Gasteiger partial charge in [-0.3, -0.25) is 0 Å². The van der Waals surface area contributed by atoms with Crippen LogP contribution in [0.25, 0.3) is 112 Å². The van der Waals surface area contributed by atoms with Crippen LogP contribution in [0.3, 0.4) is 0 Å². The first kappa shape index (κ1) is 40.0. The molecule has 3 nitrogen and oxygen atoms in total. The van der Waals surface area contributed by atoms with Gasteiger partial charge in [-0.2, -0.15) is 0 Å². The van der Waals surface area contributed by atoms with E-state index in [0.717, 1.165) is 44.5 Å². The summed E-state index contributed by atoms with van der Waals surface area (Å²) < 4.78 is 0. The van der Waals surface area contributed by atoms with E-state index in [-0.39, 0.29) is 0 Å². The second kappa shape index (κ2) is 18.1. The third-order valence-corrected chi connectivity index (χ3v) is 12.1. The minimum Gasteiger partial charge on any atom is -0.208 e. The van der Waals surface area contributed by atoms with Crippen molar-refractivity contribution in [1.82, 2.24) is 15.0 Å². The average Bonchev–Trinajstić information content (AvgIpc) is 3.41. The summed E-state index contributed by atoms with van der Waals surface area (Å²) in [5.74, 6) is 1.93. The molecule has 0 aliphatic heterocycles. The van der Waals surface area contributed by atoms with E-state index in [4.69, 9.17) is 15.0 Å². The van der Waals surface area contributed by atoms with Crippen LogP contribution in [-0.4, -0.2) is 15.0 Å². The zero-order valence-electron chi connectivity index (χ0n) is 36.2. The van der Waals surface area contributed by atoms with Crippen LogP contribution in [-0.2, 0) is 0 Å². The normalized spacial score (nSPS) is 11.0. The molecule has 0 unspecified atom stereocenters. The second-order valence-corrected chi connectivity index (χ2v) is 16.3. The zero-order valence-corrected chi connectivity index (χ0v) is 36.2. The van der Waals surface area contributed by atoms with Gasteiger partial charge in [0.2, 0.25) is 0 Å². The monoisotopic (exact) mass is 841 g/mol. The molecule has 0 spiro atoms. The Morgan fingerprint density at radius 2 is 0.455 bits per heavy atom. The fourth-order valence-corrected chi connectivity index (χ4v) is 8.96. The first-order valence-electron chi connectivity index (χ1n) is 22.3. The average molecular weight is 842 g/mol. The number of hydrogen-bond donors (Lipinski definition) is 0. The van der Waals surface area contributed by atoms with E-state index in [9.17, 15) is 0 Å². The Balaban J connectivity index is 1.01. The molecule has 0 bridgehead atoms. The Bertz CT molecular complexity index is 3350. The largest absolute Gasteiger partial charge is 0.208 e. The molecule has 1 heterocycles. The van der Waals surface area contributed by atoms with E-state index < -0.39 is 0 Å². The molecular formula is C63H43N3. The summed E-state index contributed by atoms with van der Waals surface area (Å²) in [6.07, 6.45) is 0. The highest BCUT2D eigenvalue weighted by Crippen LogP contribution is 2.50. The first-order chi connectivity index (χ1) is 32.7. The van der Waals surface area contributed by atoms with Crippen LogP contribution < -0.4 is 0 Å². The third-order valence-electron chi connectivity index (χ3n) is 12.1. The highest BCUT2D eigenvalue weighted by atomic mass is 15.0. The van der Waals surface area contributed by atoms with Gasteiger partial charge in [0.25, 0.3) is 0 Å². The summed E-state index contributed by atoms with van der Waals surface area (Å²) in [5, 5.41) is 0. The van der Waals surface area contributed by atoms with Gasteiger partial charge in [-0.1, -0.05) is 243 Å². The van der Waals surface area contributed by atoms with Gasteiger partial charge in [-0.15, -0.1) is 0 Å². The first-order valence-corrected chi connectivity index (χ1v) is 22.3. The summed E-state index contributed by atoms with van der Waals surface area (Å²) >= 11 is 0. The van der Waals surface area contributed by atoms with Crippen LogP contribution in [0.15, 0.2) is 261 Å². The Kier molecular flexibility index (Phi) is 11.0. The number of hydrogen-bond acceptors (Lipinski definition) is 3. The van der Waals surface area contributed by atoms with E-state index in [1.165, 1.54) is 50.1 Å². The van der Waals surface area contributed by atoms with Crippen molar-refractivity contribution in [2.45, 2.75) is 0 Å². The Morgan fingerprint density at radius 1 is 0.167 bits per heavy atom. The molecule has 0 amide bonds. The molecular weight excluding hydrogens is 799 g/mol. The van der Waals surface area contributed by atoms with E-state index in [1.807, 2.05) is 60.7 Å². The predicted octanol–water partition coefficient (Wildman–Crippen LogP) is 16.5. The molecule has 0 atom stereocenters. The third kappa shape index (κ3) is 8.14. The molecule has 66 heavy (non-hydrogen) atoms. The molecule has 11 aromatic rings. The van der Waals surface area contributed by atoms with Crippen molar-refractivity contribution in [1.29, 1.82) is 0 Å². The lowest BCUT2D eigenvalue weighted by Gasteiger charge is -2.24. The smallest absolute Gasteiger partial charge is 0.164 e. The van der Waals surface area contributed by atoms with Crippen molar-refractivity contribution in [2.75, 3.05) is 0 Å². The van der Waals surface area contributed by atoms with Crippen molar-refractivity contribution < 1.29 is 0 Å². The number of nitrogens with zero attached hydrogens (tertiary/aromatic N) is 3. The summed E-state index contributed by atoms with van der Waals surface area (Å²) in [6.45, 7) is 0. The van der Waals surface area contributed by atoms with Crippen LogP contribution in [0.5, 0.6) is 0 Å². The maximum Gasteiger partial charge on any atom is 0.164 e. The van der Waals surface area contributed by atoms with Gasteiger partial charge in [0.1, 0.15) is 0 Å². The molecule has 0 radical (unpaired) electrons. The molecule has 1 aromatic heterocycles. The highest BCUT2D eigenvalue weighted by molar-refractivity contribution is 6.07. The number of benzene rings is 10. The van der Waals surface area contributed by atoms with Crippen LogP contribution in [0.2, 0.25) is 0 Å². The number of aromatic nitrogens is 3. The summed E-state index contributed by atoms with van der Waals surface area (Å²) in [7, 11) is 0. The van der Waals surface area contributed by atoms with Crippen LogP contribution in [0.4, 0.5) is 0 Å². The fourth-order valence-electron chi connectivity index (χ4n) is 8.96. The lowest BCUT2D eigenvalue weighted by Crippen LogP contribution is -2.00. The molecule has 0 N–H and O–H groups in total. The van der Waals surface area contributed by atoms with Crippen molar-refractivity contribution in [3.05, 3.63) is 261 Å². The Labute approximate surface area is 386 Å². The van der Waals surface area contributed by atoms with Gasteiger partial charge in [0, 0.05) is 16.7 Å². The molecule has 0 aliphatic carbocycles. The van der Waals surface area contributed by atoms with Crippen molar-refractivity contribution in [3.63, 3.8) is 0 Å². The van der Waals surface area contributed by atoms with Gasteiger partial charge in [-0.05, 0) is 96.1 Å². The minimum atomic E-state index is 0.635. The van der Waals surface area contributed by atoms with Crippen molar-refractivity contribution in [3.8, 4) is 112 Å². The predicted molar refractivity (Wildman–Crippen MR) is 274 cm³/mol. The van der Waals surface area contributed by atoms with Crippen LogP contribution in [0.1, 0.15) is 0 Å². The topological polar surface area (TPSA) is 38.7 Å². The van der Waals surface area contributed by atoms with Crippen molar-refractivity contribution >= 4 is 0 Å². The SMILES string of the molecule is c1ccc(-c2nc(-c3ccccc3)nc(-c3cccc(-c4ccc(-c5cccc(-c6cc(-c7ccccc7)c(-c7ccccc7)c(-c7ccccc7)c6-c6ccccc6)c5)cc4)c3)n2)cc1. The summed E-state index contributed by atoms with van der Waals surface area (Å²) in [5.41, 5.74) is 19.2. The van der Waals surface area contributed by atoms with Gasteiger partial charge >= 0.3 is 0 Å². The molecule has 0 saturated heterocycles. The minimum absolute atomic E-state index is 0.635. The molecule has 0 aliphatic rings. The zero-order chi connectivity index (χ0) is 44.1. The van der Waals surface area contributed by atoms with Crippen LogP contribution in [0, 0.1) is 0 Å². The summed E-state index contributed by atoms with van der Waals surface area (Å²) in [6, 6.07) is 92.4. The van der Waals surface area contributed by atoms with Crippen molar-refractivity contribution in [2.24, 2.45) is 0 Å². The maximum absolute atomic E-state index is 4.99. The standard InChI is InChI=1S/C63H43N3/c1-7-21-46(22-8-1)56-43-57(59(48-25-11-3-12-26-48)60(49-27-13-4-14-28-49)58(56)47-23-9-2-10-24-47)54-35-19-33-52(41-54)44-37-39-45(40-38-44)53-34-20-36-55(42-53)63-65-61(50-29-15-5-16-30-50)64-62(66-63)51-31-17-6-18-32-51/h1-43H. The molecule has 10 aromatic carbocycles. The second-order valence-electron chi connectivity index (χ2n) is 16.3. The lowest BCUT2D eigenvalue weighted by atomic mass is 9.78. The molecule has 11 rings (SSSR count). The molecule has 3 heteroatoms. The fraction of sp³-hybridized carbons (Fsp3) is 0. The Morgan fingerprint density at radius 3 is 0.879 bits per heavy atom. The van der Waals surface area contributed by atoms with E-state index in [0.29, 0.717) is 17.5 Å². The van der Waals surface area contributed by atoms with E-state index >= 15 is 0 Å². The maximum atomic E-state index is 4.99. The number of rotatable bonds is 10. The Hall–Kier alpha value is -8.79. The van der Waals surface area contributed by atoms with Crippen LogP contribution >= 0.6 is 0 Å². The summed E-state index contributed by atoms with van der Waals surface area (Å²) in [4.78, 5) is 14.9. The highest BCUT2D eigenvalue weighted by Gasteiger charge is 2.24. The molecule has 0 saturated carbocycles. The van der Waals surface area contributed by atoms with Gasteiger partial charge in [0.05, 0.1) is 0 Å². The van der Waals surface area contributed by atoms with E-state index in [1.54, 1.807) is 0 Å².